The molecule has 0 fully saturated rings. The Bertz CT molecular complexity index is 364. The molecule has 0 N–H and O–H groups in total. The summed E-state index contributed by atoms with van der Waals surface area (Å²) in [5.41, 5.74) is 3.45. The van der Waals surface area contributed by atoms with E-state index in [4.69, 9.17) is 0 Å². The molecule has 0 nitrogen and oxygen atoms in total. The minimum Gasteiger partial charge on any atom is -1.00 e. The van der Waals surface area contributed by atoms with Crippen LogP contribution < -0.4 is 24.8 Å². The van der Waals surface area contributed by atoms with Crippen molar-refractivity contribution in [1.29, 1.82) is 0 Å². The van der Waals surface area contributed by atoms with Gasteiger partial charge in [-0.15, -0.1) is 0 Å². The molecule has 1 heterocycles. The second-order valence-electron chi connectivity index (χ2n) is 4.55. The molecule has 0 aromatic rings. The van der Waals surface area contributed by atoms with Crippen molar-refractivity contribution < 1.29 is 48.0 Å². The van der Waals surface area contributed by atoms with E-state index in [0.29, 0.717) is 0 Å². The molecule has 0 aromatic carbocycles. The maximum Gasteiger partial charge on any atom is -1.00 e. The third-order valence-corrected chi connectivity index (χ3v) is 7.57. The van der Waals surface area contributed by atoms with Crippen molar-refractivity contribution in [2.45, 2.75) is 38.5 Å². The van der Waals surface area contributed by atoms with Gasteiger partial charge in [-0.3, -0.25) is 0 Å². The van der Waals surface area contributed by atoms with Crippen molar-refractivity contribution in [1.82, 2.24) is 0 Å². The first-order chi connectivity index (χ1) is 7.43. The van der Waals surface area contributed by atoms with E-state index in [1.54, 1.807) is 11.1 Å². The van der Waals surface area contributed by atoms with E-state index < -0.39 is 0 Å². The van der Waals surface area contributed by atoms with Crippen LogP contribution in [-0.2, 0) is 23.2 Å². The molecule has 0 spiro atoms. The number of halogens is 2. The molecule has 2 aliphatic carbocycles. The van der Waals surface area contributed by atoms with Gasteiger partial charge in [0, 0.05) is 0 Å². The van der Waals surface area contributed by atoms with Gasteiger partial charge in [0.2, 0.25) is 0 Å². The summed E-state index contributed by atoms with van der Waals surface area (Å²) in [6.07, 6.45) is 17.7. The van der Waals surface area contributed by atoms with Crippen molar-refractivity contribution >= 4 is 0 Å². The molecular weight excluding hydrogens is 330 g/mol. The van der Waals surface area contributed by atoms with E-state index in [0.717, 1.165) is 0 Å². The van der Waals surface area contributed by atoms with Gasteiger partial charge in [0.05, 0.1) is 0 Å². The summed E-state index contributed by atoms with van der Waals surface area (Å²) in [5, 5.41) is 0. The normalized spacial score (nSPS) is 21.2. The molecule has 17 heavy (non-hydrogen) atoms. The van der Waals surface area contributed by atoms with Crippen molar-refractivity contribution in [2.75, 3.05) is 0 Å². The molecule has 0 unspecified atom stereocenters. The zero-order valence-corrected chi connectivity index (χ0v) is 13.8. The fourth-order valence-corrected chi connectivity index (χ4v) is 6.44. The molecule has 0 atom stereocenters. The van der Waals surface area contributed by atoms with Crippen LogP contribution >= 0.6 is 0 Å². The van der Waals surface area contributed by atoms with Crippen LogP contribution in [0.4, 0.5) is 0 Å². The first-order valence-electron chi connectivity index (χ1n) is 5.97. The van der Waals surface area contributed by atoms with Gasteiger partial charge < -0.3 is 24.8 Å². The summed E-state index contributed by atoms with van der Waals surface area (Å²) < 4.78 is 3.74. The number of hydrogen-bond donors (Lipinski definition) is 0. The van der Waals surface area contributed by atoms with Crippen LogP contribution in [0, 0.1) is 0 Å². The summed E-state index contributed by atoms with van der Waals surface area (Å²) in [4.78, 5) is 0. The summed E-state index contributed by atoms with van der Waals surface area (Å²) >= 11 is -0.377. The van der Waals surface area contributed by atoms with Crippen LogP contribution in [0.15, 0.2) is 42.0 Å². The molecule has 90 valence electrons. The SMILES string of the molecule is C1=CC2=[C](C1)[Zr+2][C]1=C(C=CC1)CCCC2.[Cl-].[Cl-]. The Morgan fingerprint density at radius 2 is 1.24 bits per heavy atom. The topological polar surface area (TPSA) is 0 Å². The van der Waals surface area contributed by atoms with Crippen LogP contribution in [0.3, 0.4) is 0 Å². The zero-order valence-electron chi connectivity index (χ0n) is 9.81. The van der Waals surface area contributed by atoms with Crippen LogP contribution in [-0.4, -0.2) is 0 Å². The quantitative estimate of drug-likeness (QED) is 0.480. The van der Waals surface area contributed by atoms with Crippen LogP contribution in [0.1, 0.15) is 38.5 Å². The van der Waals surface area contributed by atoms with Gasteiger partial charge in [-0.2, -0.15) is 0 Å². The largest absolute Gasteiger partial charge is 1.00 e. The monoisotopic (exact) mass is 344 g/mol. The van der Waals surface area contributed by atoms with Gasteiger partial charge in [0.15, 0.2) is 0 Å². The Hall–Kier alpha value is 0.423. The van der Waals surface area contributed by atoms with Crippen molar-refractivity contribution in [3.8, 4) is 0 Å². The van der Waals surface area contributed by atoms with Crippen LogP contribution in [0.25, 0.3) is 0 Å². The molecule has 1 aliphatic heterocycles. The maximum absolute atomic E-state index is 2.41. The average Bonchev–Trinajstić information content (AvgIpc) is 2.82. The van der Waals surface area contributed by atoms with Crippen molar-refractivity contribution in [3.63, 3.8) is 0 Å². The molecule has 3 aliphatic rings. The van der Waals surface area contributed by atoms with E-state index in [2.05, 4.69) is 24.3 Å². The Morgan fingerprint density at radius 3 is 1.71 bits per heavy atom. The van der Waals surface area contributed by atoms with Gasteiger partial charge in [-0.1, -0.05) is 0 Å². The first-order valence-corrected chi connectivity index (χ1v) is 8.43. The Morgan fingerprint density at radius 1 is 0.765 bits per heavy atom. The summed E-state index contributed by atoms with van der Waals surface area (Å²) in [6.45, 7) is 0. The van der Waals surface area contributed by atoms with Gasteiger partial charge in [0.1, 0.15) is 0 Å². The smallest absolute Gasteiger partial charge is 1.00 e. The van der Waals surface area contributed by atoms with E-state index in [1.165, 1.54) is 38.5 Å². The Balaban J connectivity index is 0.000000722. The number of rotatable bonds is 0. The molecule has 0 aromatic heterocycles. The van der Waals surface area contributed by atoms with Crippen LogP contribution in [0.5, 0.6) is 0 Å². The molecule has 0 bridgehead atoms. The zero-order chi connectivity index (χ0) is 10.1. The predicted molar refractivity (Wildman–Crippen MR) is 60.0 cm³/mol. The van der Waals surface area contributed by atoms with Gasteiger partial charge in [0.25, 0.3) is 0 Å². The molecule has 0 saturated heterocycles. The Labute approximate surface area is 128 Å². The minimum atomic E-state index is -0.377. The van der Waals surface area contributed by atoms with E-state index in [1.807, 2.05) is 6.56 Å². The predicted octanol–water partition coefficient (Wildman–Crippen LogP) is -1.92. The second kappa shape index (κ2) is 7.12. The fourth-order valence-electron chi connectivity index (χ4n) is 2.65. The number of allylic oxidation sites excluding steroid dienone is 8. The molecule has 0 amide bonds. The maximum atomic E-state index is 2.41. The number of hydrogen-bond acceptors (Lipinski definition) is 0. The molecular formula is C14H16Cl2Zr. The average molecular weight is 346 g/mol. The second-order valence-corrected chi connectivity index (χ2v) is 8.13. The van der Waals surface area contributed by atoms with E-state index in [9.17, 15) is 0 Å². The fraction of sp³-hybridized carbons (Fsp3) is 0.429. The molecule has 0 radical (unpaired) electrons. The summed E-state index contributed by atoms with van der Waals surface area (Å²) in [5.74, 6) is 0. The van der Waals surface area contributed by atoms with Crippen molar-refractivity contribution in [2.24, 2.45) is 0 Å². The summed E-state index contributed by atoms with van der Waals surface area (Å²) in [7, 11) is 0. The third kappa shape index (κ3) is 3.46. The van der Waals surface area contributed by atoms with Gasteiger partial charge >= 0.3 is 104 Å². The van der Waals surface area contributed by atoms with Gasteiger partial charge in [-0.25, -0.2) is 0 Å². The molecule has 0 saturated carbocycles. The molecule has 3 rings (SSSR count). The Kier molecular flexibility index (Phi) is 6.48. The van der Waals surface area contributed by atoms with E-state index >= 15 is 0 Å². The minimum absolute atomic E-state index is 0. The molecule has 3 heteroatoms. The van der Waals surface area contributed by atoms with Gasteiger partial charge in [-0.05, 0) is 0 Å². The third-order valence-electron chi connectivity index (χ3n) is 3.50. The van der Waals surface area contributed by atoms with Crippen molar-refractivity contribution in [3.05, 3.63) is 42.0 Å². The first kappa shape index (κ1) is 15.5. The van der Waals surface area contributed by atoms with Crippen LogP contribution in [0.2, 0.25) is 0 Å². The van der Waals surface area contributed by atoms with E-state index in [-0.39, 0.29) is 48.0 Å². The summed E-state index contributed by atoms with van der Waals surface area (Å²) in [6, 6.07) is 0. The standard InChI is InChI=1S/C14H16.2ClH.Zr/c1-2-8-13(7-1)11-5-6-12-14-9-3-4-10-14;;;/h1,3,7,9H,2,4-6,11-12H2;2*1H;/q;;;+2/p-2.